The summed E-state index contributed by atoms with van der Waals surface area (Å²) >= 11 is 0. The Morgan fingerprint density at radius 3 is 2.80 bits per heavy atom. The fourth-order valence-corrected chi connectivity index (χ4v) is 2.03. The maximum atomic E-state index is 13.1. The van der Waals surface area contributed by atoms with Gasteiger partial charge in [0.1, 0.15) is 5.82 Å². The van der Waals surface area contributed by atoms with Crippen molar-refractivity contribution in [2.45, 2.75) is 18.9 Å². The highest BCUT2D eigenvalue weighted by Gasteiger charge is 2.33. The molecule has 1 unspecified atom stereocenters. The first kappa shape index (κ1) is 10.4. The van der Waals surface area contributed by atoms with Gasteiger partial charge in [-0.2, -0.15) is 0 Å². The number of halogens is 1. The molecule has 0 spiro atoms. The highest BCUT2D eigenvalue weighted by molar-refractivity contribution is 5.47. The molecule has 0 heterocycles. The number of hydrogen-bond donors (Lipinski definition) is 1. The topological polar surface area (TPSA) is 29.3 Å². The number of hydrogen-bond acceptors (Lipinski definition) is 2. The van der Waals surface area contributed by atoms with Gasteiger partial charge in [-0.25, -0.2) is 4.39 Å². The Morgan fingerprint density at radius 2 is 2.27 bits per heavy atom. The molecule has 0 amide bonds. The van der Waals surface area contributed by atoms with Gasteiger partial charge >= 0.3 is 0 Å². The predicted octanol–water partition coefficient (Wildman–Crippen LogP) is 2.00. The van der Waals surface area contributed by atoms with Gasteiger partial charge in [0.05, 0.1) is 0 Å². The highest BCUT2D eigenvalue weighted by atomic mass is 19.1. The summed E-state index contributed by atoms with van der Waals surface area (Å²) in [6.45, 7) is 0.637. The third-order valence-electron chi connectivity index (χ3n) is 3.12. The van der Waals surface area contributed by atoms with Crippen molar-refractivity contribution in [2.75, 3.05) is 18.5 Å². The van der Waals surface area contributed by atoms with Crippen LogP contribution in [0.5, 0.6) is 0 Å². The molecule has 1 fully saturated rings. The summed E-state index contributed by atoms with van der Waals surface area (Å²) < 4.78 is 13.1. The Balaban J connectivity index is 2.14. The molecule has 0 saturated heterocycles. The van der Waals surface area contributed by atoms with Crippen LogP contribution >= 0.6 is 0 Å². The summed E-state index contributed by atoms with van der Waals surface area (Å²) in [6, 6.07) is 7.04. The quantitative estimate of drug-likeness (QED) is 0.820. The van der Waals surface area contributed by atoms with Crippen LogP contribution in [-0.4, -0.2) is 19.6 Å². The van der Waals surface area contributed by atoms with E-state index in [4.69, 9.17) is 5.73 Å². The predicted molar refractivity (Wildman–Crippen MR) is 60.4 cm³/mol. The van der Waals surface area contributed by atoms with Crippen molar-refractivity contribution < 1.29 is 4.39 Å². The van der Waals surface area contributed by atoms with Crippen molar-refractivity contribution in [1.82, 2.24) is 0 Å². The van der Waals surface area contributed by atoms with Crippen LogP contribution in [0.3, 0.4) is 0 Å². The lowest BCUT2D eigenvalue weighted by Crippen LogP contribution is -2.39. The number of nitrogens with two attached hydrogens (primary N) is 1. The average Bonchev–Trinajstić information content (AvgIpc) is 3.03. The fourth-order valence-electron chi connectivity index (χ4n) is 2.03. The van der Waals surface area contributed by atoms with Crippen molar-refractivity contribution in [3.63, 3.8) is 0 Å². The van der Waals surface area contributed by atoms with Gasteiger partial charge in [-0.05, 0) is 37.0 Å². The molecule has 1 atom stereocenters. The first-order chi connectivity index (χ1) is 7.22. The third-order valence-corrected chi connectivity index (χ3v) is 3.12. The Hall–Kier alpha value is -1.09. The normalized spacial score (nSPS) is 17.5. The summed E-state index contributed by atoms with van der Waals surface area (Å²) in [4.78, 5) is 2.10. The molecule has 2 N–H and O–H groups in total. The van der Waals surface area contributed by atoms with E-state index in [0.29, 0.717) is 18.5 Å². The molecule has 15 heavy (non-hydrogen) atoms. The second-order valence-corrected chi connectivity index (χ2v) is 4.23. The molecule has 0 radical (unpaired) electrons. The molecule has 3 heteroatoms. The Labute approximate surface area is 89.9 Å². The van der Waals surface area contributed by atoms with Crippen molar-refractivity contribution >= 4 is 5.69 Å². The van der Waals surface area contributed by atoms with Crippen molar-refractivity contribution in [3.8, 4) is 0 Å². The van der Waals surface area contributed by atoms with Gasteiger partial charge in [0, 0.05) is 25.3 Å². The van der Waals surface area contributed by atoms with E-state index >= 15 is 0 Å². The monoisotopic (exact) mass is 208 g/mol. The van der Waals surface area contributed by atoms with Crippen LogP contribution < -0.4 is 10.6 Å². The van der Waals surface area contributed by atoms with E-state index in [1.165, 1.54) is 18.9 Å². The maximum absolute atomic E-state index is 13.1. The molecule has 1 aromatic carbocycles. The van der Waals surface area contributed by atoms with Crippen molar-refractivity contribution in [2.24, 2.45) is 11.7 Å². The van der Waals surface area contributed by atoms with E-state index < -0.39 is 0 Å². The Kier molecular flexibility index (Phi) is 2.91. The SMILES string of the molecule is CN(c1cccc(F)c1)C(CN)C1CC1. The van der Waals surface area contributed by atoms with Crippen LogP contribution in [0.25, 0.3) is 0 Å². The van der Waals surface area contributed by atoms with Crippen molar-refractivity contribution in [1.29, 1.82) is 0 Å². The minimum absolute atomic E-state index is 0.189. The molecule has 0 aliphatic heterocycles. The van der Waals surface area contributed by atoms with Gasteiger partial charge in [0.2, 0.25) is 0 Å². The zero-order valence-corrected chi connectivity index (χ0v) is 8.99. The van der Waals surface area contributed by atoms with Crippen LogP contribution in [0.2, 0.25) is 0 Å². The number of rotatable bonds is 4. The Morgan fingerprint density at radius 1 is 1.53 bits per heavy atom. The zero-order valence-electron chi connectivity index (χ0n) is 8.99. The largest absolute Gasteiger partial charge is 0.370 e. The van der Waals surface area contributed by atoms with E-state index in [-0.39, 0.29) is 5.82 Å². The third kappa shape index (κ3) is 2.29. The van der Waals surface area contributed by atoms with Gasteiger partial charge in [0.15, 0.2) is 0 Å². The second kappa shape index (κ2) is 4.19. The van der Waals surface area contributed by atoms with Crippen molar-refractivity contribution in [3.05, 3.63) is 30.1 Å². The summed E-state index contributed by atoms with van der Waals surface area (Å²) in [5.74, 6) is 0.509. The number of anilines is 1. The Bertz CT molecular complexity index is 336. The van der Waals surface area contributed by atoms with Crippen LogP contribution in [0, 0.1) is 11.7 Å². The number of nitrogens with zero attached hydrogens (tertiary/aromatic N) is 1. The second-order valence-electron chi connectivity index (χ2n) is 4.23. The molecule has 2 rings (SSSR count). The molecule has 0 bridgehead atoms. The zero-order chi connectivity index (χ0) is 10.8. The summed E-state index contributed by atoms with van der Waals surface area (Å²) in [5.41, 5.74) is 6.67. The van der Waals surface area contributed by atoms with Gasteiger partial charge < -0.3 is 10.6 Å². The van der Waals surface area contributed by atoms with E-state index in [0.717, 1.165) is 5.69 Å². The molecule has 2 nitrogen and oxygen atoms in total. The van der Waals surface area contributed by atoms with E-state index in [1.807, 2.05) is 13.1 Å². The lowest BCUT2D eigenvalue weighted by molar-refractivity contribution is 0.567. The van der Waals surface area contributed by atoms with Gasteiger partial charge in [-0.3, -0.25) is 0 Å². The standard InChI is InChI=1S/C12H17FN2/c1-15(12(8-14)9-5-6-9)11-4-2-3-10(13)7-11/h2-4,7,9,12H,5-6,8,14H2,1H3. The molecule has 0 aromatic heterocycles. The smallest absolute Gasteiger partial charge is 0.125 e. The molecule has 1 aliphatic carbocycles. The van der Waals surface area contributed by atoms with Crippen LogP contribution in [0.1, 0.15) is 12.8 Å². The molecular formula is C12H17FN2. The molecule has 1 aliphatic rings. The van der Waals surface area contributed by atoms with Gasteiger partial charge in [-0.15, -0.1) is 0 Å². The van der Waals surface area contributed by atoms with Crippen LogP contribution in [0.15, 0.2) is 24.3 Å². The van der Waals surface area contributed by atoms with Crippen LogP contribution in [-0.2, 0) is 0 Å². The first-order valence-corrected chi connectivity index (χ1v) is 5.41. The summed E-state index contributed by atoms with van der Waals surface area (Å²) in [7, 11) is 1.99. The first-order valence-electron chi connectivity index (χ1n) is 5.41. The molecule has 82 valence electrons. The summed E-state index contributed by atoms with van der Waals surface area (Å²) in [5, 5.41) is 0. The van der Waals surface area contributed by atoms with E-state index in [1.54, 1.807) is 12.1 Å². The van der Waals surface area contributed by atoms with E-state index in [2.05, 4.69) is 4.90 Å². The maximum Gasteiger partial charge on any atom is 0.125 e. The highest BCUT2D eigenvalue weighted by Crippen LogP contribution is 2.36. The van der Waals surface area contributed by atoms with Gasteiger partial charge in [0.25, 0.3) is 0 Å². The fraction of sp³-hybridized carbons (Fsp3) is 0.500. The lowest BCUT2D eigenvalue weighted by atomic mass is 10.1. The van der Waals surface area contributed by atoms with Gasteiger partial charge in [-0.1, -0.05) is 6.07 Å². The number of likely N-dealkylation sites (N-methyl/N-ethyl adjacent to an activating group) is 1. The minimum atomic E-state index is -0.189. The number of benzene rings is 1. The van der Waals surface area contributed by atoms with E-state index in [9.17, 15) is 4.39 Å². The summed E-state index contributed by atoms with van der Waals surface area (Å²) in [6.07, 6.45) is 2.50. The van der Waals surface area contributed by atoms with Crippen LogP contribution in [0.4, 0.5) is 10.1 Å². The molecule has 1 saturated carbocycles. The molecule has 1 aromatic rings. The minimum Gasteiger partial charge on any atom is -0.370 e. The average molecular weight is 208 g/mol. The lowest BCUT2D eigenvalue weighted by Gasteiger charge is -2.29. The molecular weight excluding hydrogens is 191 g/mol.